The maximum atomic E-state index is 5.44. The molecule has 0 atom stereocenters. The normalized spacial score (nSPS) is 11.6. The van der Waals surface area contributed by atoms with Crippen molar-refractivity contribution in [2.24, 2.45) is 0 Å². The van der Waals surface area contributed by atoms with Crippen molar-refractivity contribution in [3.63, 3.8) is 0 Å². The monoisotopic (exact) mass is 271 g/mol. The Morgan fingerprint density at radius 1 is 1.25 bits per heavy atom. The second-order valence-corrected chi connectivity index (χ2v) is 10.2. The van der Waals surface area contributed by atoms with E-state index in [1.165, 1.54) is 3.71 Å². The number of nitrogens with two attached hydrogens (primary N) is 1. The average molecular weight is 270 g/mol. The summed E-state index contributed by atoms with van der Waals surface area (Å²) in [6.45, 7) is 6.74. The van der Waals surface area contributed by atoms with E-state index in [1.54, 1.807) is 6.20 Å². The third-order valence-electron chi connectivity index (χ3n) is 1.17. The van der Waals surface area contributed by atoms with E-state index in [4.69, 9.17) is 5.73 Å². The van der Waals surface area contributed by atoms with Crippen molar-refractivity contribution in [2.75, 3.05) is 5.73 Å². The van der Waals surface area contributed by atoms with Crippen molar-refractivity contribution in [1.82, 2.24) is 9.97 Å². The second kappa shape index (κ2) is 3.60. The predicted molar refractivity (Wildman–Crippen MR) is 51.5 cm³/mol. The molecule has 64 valence electrons. The Kier molecular flexibility index (Phi) is 2.93. The molecule has 1 rings (SSSR count). The van der Waals surface area contributed by atoms with E-state index in [0.717, 1.165) is 0 Å². The van der Waals surface area contributed by atoms with Crippen LogP contribution >= 0.6 is 0 Å². The van der Waals surface area contributed by atoms with Crippen LogP contribution in [-0.2, 0) is 0 Å². The molecule has 0 spiro atoms. The topological polar surface area (TPSA) is 51.8 Å². The fourth-order valence-electron chi connectivity index (χ4n) is 0.787. The quantitative estimate of drug-likeness (QED) is 0.760. The molecule has 0 unspecified atom stereocenters. The third-order valence-corrected chi connectivity index (χ3v) is 4.78. The molecule has 1 heterocycles. The zero-order valence-corrected chi connectivity index (χ0v) is 10.5. The van der Waals surface area contributed by atoms with Crippen molar-refractivity contribution < 1.29 is 0 Å². The van der Waals surface area contributed by atoms with Gasteiger partial charge in [-0.05, 0) is 0 Å². The molecule has 1 aromatic heterocycles. The van der Waals surface area contributed by atoms with Crippen molar-refractivity contribution in [3.8, 4) is 0 Å². The van der Waals surface area contributed by atoms with Crippen LogP contribution in [0.4, 0.5) is 5.82 Å². The van der Waals surface area contributed by atoms with Crippen LogP contribution in [-0.4, -0.2) is 31.1 Å². The van der Waals surface area contributed by atoms with Gasteiger partial charge in [-0.1, -0.05) is 0 Å². The Balaban J connectivity index is 2.71. The van der Waals surface area contributed by atoms with Gasteiger partial charge in [-0.25, -0.2) is 0 Å². The molecule has 0 fully saturated rings. The fourth-order valence-corrected chi connectivity index (χ4v) is 3.72. The number of anilines is 1. The minimum atomic E-state index is -0.598. The Morgan fingerprint density at radius 2 is 1.92 bits per heavy atom. The van der Waals surface area contributed by atoms with Crippen molar-refractivity contribution in [3.05, 3.63) is 12.4 Å². The van der Waals surface area contributed by atoms with Gasteiger partial charge in [0.05, 0.1) is 0 Å². The SMILES string of the molecule is C[C](C)(C)[Sn][c]1cnc(N)cn1. The summed E-state index contributed by atoms with van der Waals surface area (Å²) in [5, 5.41) is 0. The van der Waals surface area contributed by atoms with Gasteiger partial charge in [-0.15, -0.1) is 0 Å². The standard InChI is InChI=1S/C4H4N3.C4H9.Sn/c5-4-3-6-1-2-7-4;1-4(2)3;/h2-3H,(H2,5,7);1-3H3;. The number of hydrogen-bond acceptors (Lipinski definition) is 3. The first kappa shape index (κ1) is 9.76. The van der Waals surface area contributed by atoms with Crippen molar-refractivity contribution in [2.45, 2.75) is 24.2 Å². The van der Waals surface area contributed by atoms with E-state index in [1.807, 2.05) is 6.20 Å². The van der Waals surface area contributed by atoms with Crippen LogP contribution < -0.4 is 9.44 Å². The molecule has 0 saturated carbocycles. The van der Waals surface area contributed by atoms with Crippen LogP contribution in [0.25, 0.3) is 0 Å². The van der Waals surface area contributed by atoms with Crippen molar-refractivity contribution in [1.29, 1.82) is 0 Å². The van der Waals surface area contributed by atoms with Gasteiger partial charge in [0.25, 0.3) is 0 Å². The van der Waals surface area contributed by atoms with Gasteiger partial charge in [0.2, 0.25) is 0 Å². The summed E-state index contributed by atoms with van der Waals surface area (Å²) >= 11 is -0.598. The van der Waals surface area contributed by atoms with E-state index in [0.29, 0.717) is 9.25 Å². The molecule has 0 aliphatic carbocycles. The average Bonchev–Trinajstić information content (AvgIpc) is 1.91. The number of aromatic nitrogens is 2. The molecule has 0 bridgehead atoms. The predicted octanol–water partition coefficient (Wildman–Crippen LogP) is 0.607. The first-order chi connectivity index (χ1) is 5.47. The van der Waals surface area contributed by atoms with E-state index >= 15 is 0 Å². The Morgan fingerprint density at radius 3 is 2.33 bits per heavy atom. The fraction of sp³-hybridized carbons (Fsp3) is 0.500. The van der Waals surface area contributed by atoms with Gasteiger partial charge in [-0.3, -0.25) is 0 Å². The van der Waals surface area contributed by atoms with E-state index in [-0.39, 0.29) is 0 Å². The zero-order chi connectivity index (χ0) is 9.19. The Labute approximate surface area is 83.0 Å². The van der Waals surface area contributed by atoms with E-state index < -0.39 is 21.1 Å². The van der Waals surface area contributed by atoms with Gasteiger partial charge >= 0.3 is 83.0 Å². The molecule has 0 aliphatic rings. The van der Waals surface area contributed by atoms with Gasteiger partial charge in [-0.2, -0.15) is 0 Å². The molecule has 2 radical (unpaired) electrons. The molecule has 1 aromatic rings. The van der Waals surface area contributed by atoms with Crippen LogP contribution in [0.5, 0.6) is 0 Å². The number of nitrogens with zero attached hydrogens (tertiary/aromatic N) is 2. The Hall–Kier alpha value is -0.321. The van der Waals surface area contributed by atoms with Gasteiger partial charge in [0.1, 0.15) is 0 Å². The Bertz CT molecular complexity index is 250. The second-order valence-electron chi connectivity index (χ2n) is 3.70. The molecule has 0 aliphatic heterocycles. The van der Waals surface area contributed by atoms with Gasteiger partial charge < -0.3 is 0 Å². The molecule has 2 N–H and O–H groups in total. The minimum absolute atomic E-state index is 0.425. The molecular formula is C8H13N3Sn. The molecule has 3 nitrogen and oxygen atoms in total. The molecule has 0 saturated heterocycles. The summed E-state index contributed by atoms with van der Waals surface area (Å²) in [5.41, 5.74) is 5.44. The molecule has 0 amide bonds. The molecule has 12 heavy (non-hydrogen) atoms. The summed E-state index contributed by atoms with van der Waals surface area (Å²) in [6.07, 6.45) is 3.45. The third kappa shape index (κ3) is 3.38. The van der Waals surface area contributed by atoms with Gasteiger partial charge in [0, 0.05) is 0 Å². The molecule has 0 aromatic carbocycles. The number of hydrogen-bond donors (Lipinski definition) is 1. The van der Waals surface area contributed by atoms with Crippen LogP contribution in [0.15, 0.2) is 12.4 Å². The first-order valence-corrected chi connectivity index (χ1v) is 6.68. The zero-order valence-electron chi connectivity index (χ0n) is 7.63. The molecular weight excluding hydrogens is 257 g/mol. The summed E-state index contributed by atoms with van der Waals surface area (Å²) < 4.78 is 1.59. The van der Waals surface area contributed by atoms with Gasteiger partial charge in [0.15, 0.2) is 0 Å². The van der Waals surface area contributed by atoms with Crippen LogP contribution in [0.3, 0.4) is 0 Å². The summed E-state index contributed by atoms with van der Waals surface area (Å²) in [5.74, 6) is 0.507. The maximum absolute atomic E-state index is 5.44. The summed E-state index contributed by atoms with van der Waals surface area (Å²) in [7, 11) is 0. The van der Waals surface area contributed by atoms with Crippen LogP contribution in [0.1, 0.15) is 20.8 Å². The number of nitrogen functional groups attached to an aromatic ring is 1. The van der Waals surface area contributed by atoms with Crippen molar-refractivity contribution >= 4 is 30.7 Å². The van der Waals surface area contributed by atoms with E-state index in [2.05, 4.69) is 30.7 Å². The summed E-state index contributed by atoms with van der Waals surface area (Å²) in [6, 6.07) is 0. The van der Waals surface area contributed by atoms with Crippen LogP contribution in [0.2, 0.25) is 3.43 Å². The van der Waals surface area contributed by atoms with E-state index in [9.17, 15) is 0 Å². The number of rotatable bonds is 1. The first-order valence-electron chi connectivity index (χ1n) is 3.83. The van der Waals surface area contributed by atoms with Crippen LogP contribution in [0, 0.1) is 0 Å². The summed E-state index contributed by atoms with van der Waals surface area (Å²) in [4.78, 5) is 8.27. The molecule has 4 heteroatoms.